The number of aliphatic hydroxyl groups excluding tert-OH is 1. The van der Waals surface area contributed by atoms with Crippen LogP contribution < -0.4 is 14.9 Å². The number of alkyl halides is 3. The third kappa shape index (κ3) is 8.58. The largest absolute Gasteiger partial charge is 0.416 e. The van der Waals surface area contributed by atoms with Gasteiger partial charge in [-0.1, -0.05) is 61.9 Å². The van der Waals surface area contributed by atoms with Crippen LogP contribution in [0.25, 0.3) is 0 Å². The summed E-state index contributed by atoms with van der Waals surface area (Å²) in [5.74, 6) is -1.87. The zero-order chi connectivity index (χ0) is 31.9. The Balaban J connectivity index is 1.56. The summed E-state index contributed by atoms with van der Waals surface area (Å²) in [6, 6.07) is 15.8. The lowest BCUT2D eigenvalue weighted by molar-refractivity contribution is -0.137. The van der Waals surface area contributed by atoms with E-state index in [0.717, 1.165) is 22.0 Å². The van der Waals surface area contributed by atoms with Gasteiger partial charge in [-0.3, -0.25) is 9.10 Å². The van der Waals surface area contributed by atoms with E-state index in [-0.39, 0.29) is 43.1 Å². The summed E-state index contributed by atoms with van der Waals surface area (Å²) in [4.78, 5) is 13.6. The van der Waals surface area contributed by atoms with Crippen LogP contribution >= 0.6 is 0 Å². The molecule has 3 N–H and O–H groups in total. The SMILES string of the molecule is CCCc1cc(C(=O)N[C@@H](Cc2ccccc2)[C@H](O)CNCc2cccc(C(F)(F)F)c2)c(F)c(N2CCCCS2(=O)=O)c1. The fraction of sp³-hybridized carbons (Fsp3) is 0.406. The van der Waals surface area contributed by atoms with Gasteiger partial charge in [0.15, 0.2) is 5.82 Å². The van der Waals surface area contributed by atoms with Gasteiger partial charge in [0, 0.05) is 19.6 Å². The highest BCUT2D eigenvalue weighted by Crippen LogP contribution is 2.31. The molecular formula is C32H37F4N3O4S. The Kier molecular flexibility index (Phi) is 11.0. The van der Waals surface area contributed by atoms with E-state index in [1.54, 1.807) is 12.1 Å². The van der Waals surface area contributed by atoms with Crippen molar-refractivity contribution in [1.82, 2.24) is 10.6 Å². The molecule has 44 heavy (non-hydrogen) atoms. The Labute approximate surface area is 255 Å². The number of hydrogen-bond acceptors (Lipinski definition) is 5. The van der Waals surface area contributed by atoms with Gasteiger partial charge in [-0.15, -0.1) is 0 Å². The molecule has 1 aliphatic heterocycles. The number of benzene rings is 3. The van der Waals surface area contributed by atoms with Crippen molar-refractivity contribution >= 4 is 21.6 Å². The monoisotopic (exact) mass is 635 g/mol. The minimum absolute atomic E-state index is 0.0361. The van der Waals surface area contributed by atoms with Gasteiger partial charge in [-0.2, -0.15) is 13.2 Å². The molecule has 0 aliphatic carbocycles. The molecular weight excluding hydrogens is 598 g/mol. The van der Waals surface area contributed by atoms with Gasteiger partial charge in [0.05, 0.1) is 34.7 Å². The summed E-state index contributed by atoms with van der Waals surface area (Å²) in [6.45, 7) is 1.99. The maximum atomic E-state index is 15.9. The first-order chi connectivity index (χ1) is 20.9. The minimum atomic E-state index is -4.48. The number of aryl methyl sites for hydroxylation is 1. The second-order valence-corrected chi connectivity index (χ2v) is 13.0. The van der Waals surface area contributed by atoms with Crippen LogP contribution in [-0.2, 0) is 35.6 Å². The summed E-state index contributed by atoms with van der Waals surface area (Å²) in [7, 11) is -3.74. The van der Waals surface area contributed by atoms with Gasteiger partial charge in [0.2, 0.25) is 10.0 Å². The molecule has 1 amide bonds. The lowest BCUT2D eigenvalue weighted by atomic mass is 9.99. The maximum Gasteiger partial charge on any atom is 0.416 e. The summed E-state index contributed by atoms with van der Waals surface area (Å²) in [5, 5.41) is 16.8. The van der Waals surface area contributed by atoms with Crippen molar-refractivity contribution in [3.05, 3.63) is 100 Å². The molecule has 12 heteroatoms. The summed E-state index contributed by atoms with van der Waals surface area (Å²) in [5.41, 5.74) is 0.492. The van der Waals surface area contributed by atoms with Gasteiger partial charge < -0.3 is 15.7 Å². The van der Waals surface area contributed by atoms with Crippen molar-refractivity contribution in [3.63, 3.8) is 0 Å². The zero-order valence-electron chi connectivity index (χ0n) is 24.4. The lowest BCUT2D eigenvalue weighted by Gasteiger charge is -2.30. The topological polar surface area (TPSA) is 98.7 Å². The first-order valence-corrected chi connectivity index (χ1v) is 16.2. The number of sulfonamides is 1. The van der Waals surface area contributed by atoms with E-state index in [1.165, 1.54) is 24.3 Å². The van der Waals surface area contributed by atoms with Crippen molar-refractivity contribution in [1.29, 1.82) is 0 Å². The number of rotatable bonds is 12. The van der Waals surface area contributed by atoms with Crippen LogP contribution in [0.15, 0.2) is 66.7 Å². The van der Waals surface area contributed by atoms with E-state index in [1.807, 2.05) is 25.1 Å². The van der Waals surface area contributed by atoms with Crippen molar-refractivity contribution in [3.8, 4) is 0 Å². The summed E-state index contributed by atoms with van der Waals surface area (Å²) >= 11 is 0. The van der Waals surface area contributed by atoms with Crippen LogP contribution in [0.2, 0.25) is 0 Å². The Morgan fingerprint density at radius 3 is 2.41 bits per heavy atom. The molecule has 2 atom stereocenters. The molecule has 3 aromatic rings. The van der Waals surface area contributed by atoms with Crippen LogP contribution in [-0.4, -0.2) is 50.4 Å². The molecule has 3 aromatic carbocycles. The third-order valence-electron chi connectivity index (χ3n) is 7.53. The van der Waals surface area contributed by atoms with Gasteiger partial charge in [0.25, 0.3) is 5.91 Å². The number of carbonyl (C=O) groups is 1. The van der Waals surface area contributed by atoms with Crippen molar-refractivity contribution < 1.29 is 35.9 Å². The average molecular weight is 636 g/mol. The van der Waals surface area contributed by atoms with Crippen molar-refractivity contribution in [2.24, 2.45) is 0 Å². The molecule has 0 saturated carbocycles. The Hall–Kier alpha value is -3.48. The zero-order valence-corrected chi connectivity index (χ0v) is 25.2. The fourth-order valence-corrected chi connectivity index (χ4v) is 6.90. The Bertz CT molecular complexity index is 1530. The number of nitrogens with one attached hydrogen (secondary N) is 2. The van der Waals surface area contributed by atoms with Crippen molar-refractivity contribution in [2.75, 3.05) is 23.1 Å². The second-order valence-electron chi connectivity index (χ2n) is 11.0. The number of amides is 1. The molecule has 1 fully saturated rings. The highest BCUT2D eigenvalue weighted by molar-refractivity contribution is 7.92. The molecule has 4 rings (SSSR count). The van der Waals surface area contributed by atoms with Gasteiger partial charge >= 0.3 is 6.18 Å². The standard InChI is InChI=1S/C32H37F4N3O4S/c1-2-9-23-17-26(30(33)28(19-23)39-14-6-7-15-44(39,42)43)31(41)38-27(18-22-10-4-3-5-11-22)29(40)21-37-20-24-12-8-13-25(16-24)32(34,35)36/h3-5,8,10-13,16-17,19,27,29,37,40H,2,6-7,9,14-15,18,20-21H2,1H3,(H,38,41)/t27-,29+/m0/s1. The number of nitrogens with zero attached hydrogens (tertiary/aromatic N) is 1. The Morgan fingerprint density at radius 1 is 1.00 bits per heavy atom. The average Bonchev–Trinajstić information content (AvgIpc) is 2.98. The minimum Gasteiger partial charge on any atom is -0.390 e. The number of anilines is 1. The van der Waals surface area contributed by atoms with Crippen LogP contribution in [0, 0.1) is 5.82 Å². The van der Waals surface area contributed by atoms with E-state index in [4.69, 9.17) is 0 Å². The first-order valence-electron chi connectivity index (χ1n) is 14.6. The number of hydrogen-bond donors (Lipinski definition) is 3. The molecule has 1 aliphatic rings. The quantitative estimate of drug-likeness (QED) is 0.237. The fourth-order valence-electron chi connectivity index (χ4n) is 5.27. The smallest absolute Gasteiger partial charge is 0.390 e. The number of carbonyl (C=O) groups excluding carboxylic acids is 1. The van der Waals surface area contributed by atoms with Crippen LogP contribution in [0.1, 0.15) is 58.8 Å². The summed E-state index contributed by atoms with van der Waals surface area (Å²) < 4.78 is 81.8. The predicted molar refractivity (Wildman–Crippen MR) is 161 cm³/mol. The molecule has 0 radical (unpaired) electrons. The van der Waals surface area contributed by atoms with E-state index in [0.29, 0.717) is 36.8 Å². The van der Waals surface area contributed by atoms with Gasteiger partial charge in [-0.05, 0) is 60.6 Å². The molecule has 238 valence electrons. The van der Waals surface area contributed by atoms with Crippen LogP contribution in [0.5, 0.6) is 0 Å². The number of aliphatic hydroxyl groups is 1. The molecule has 0 unspecified atom stereocenters. The van der Waals surface area contributed by atoms with Gasteiger partial charge in [-0.25, -0.2) is 12.8 Å². The van der Waals surface area contributed by atoms with Gasteiger partial charge in [0.1, 0.15) is 0 Å². The van der Waals surface area contributed by atoms with E-state index >= 15 is 4.39 Å². The van der Waals surface area contributed by atoms with Crippen LogP contribution in [0.4, 0.5) is 23.2 Å². The van der Waals surface area contributed by atoms with Crippen LogP contribution in [0.3, 0.4) is 0 Å². The molecule has 0 spiro atoms. The van der Waals surface area contributed by atoms with E-state index in [2.05, 4.69) is 10.6 Å². The molecule has 7 nitrogen and oxygen atoms in total. The molecule has 0 bridgehead atoms. The highest BCUT2D eigenvalue weighted by Gasteiger charge is 2.32. The normalized spacial score (nSPS) is 16.4. The maximum absolute atomic E-state index is 15.9. The Morgan fingerprint density at radius 2 is 1.73 bits per heavy atom. The first kappa shape index (κ1) is 33.4. The highest BCUT2D eigenvalue weighted by atomic mass is 32.2. The molecule has 1 heterocycles. The molecule has 1 saturated heterocycles. The summed E-state index contributed by atoms with van der Waals surface area (Å²) in [6.07, 6.45) is -3.28. The number of halogens is 4. The van der Waals surface area contributed by atoms with E-state index < -0.39 is 45.6 Å². The van der Waals surface area contributed by atoms with E-state index in [9.17, 15) is 31.5 Å². The second kappa shape index (κ2) is 14.5. The molecule has 0 aromatic heterocycles. The van der Waals surface area contributed by atoms with Crippen molar-refractivity contribution in [2.45, 2.75) is 63.9 Å². The third-order valence-corrected chi connectivity index (χ3v) is 9.39. The lowest BCUT2D eigenvalue weighted by Crippen LogP contribution is -2.49. The predicted octanol–water partition coefficient (Wildman–Crippen LogP) is 5.22.